The van der Waals surface area contributed by atoms with Crippen molar-refractivity contribution < 1.29 is 4.39 Å². The minimum Gasteiger partial charge on any atom is -0.328 e. The zero-order valence-electron chi connectivity index (χ0n) is 10.8. The molecule has 0 bridgehead atoms. The first-order valence-electron chi connectivity index (χ1n) is 6.50. The van der Waals surface area contributed by atoms with Gasteiger partial charge in [-0.3, -0.25) is 0 Å². The van der Waals surface area contributed by atoms with Gasteiger partial charge in [0, 0.05) is 12.5 Å². The van der Waals surface area contributed by atoms with Crippen molar-refractivity contribution in [3.8, 4) is 0 Å². The molecule has 2 rings (SSSR count). The Hall–Kier alpha value is -0.890. The normalized spacial score (nSPS) is 29.3. The maximum absolute atomic E-state index is 14.7. The van der Waals surface area contributed by atoms with Gasteiger partial charge in [-0.1, -0.05) is 18.2 Å². The van der Waals surface area contributed by atoms with Crippen LogP contribution < -0.4 is 5.73 Å². The Bertz CT molecular complexity index is 372. The Kier molecular flexibility index (Phi) is 3.53. The second-order valence-electron chi connectivity index (χ2n) is 5.54. The summed E-state index contributed by atoms with van der Waals surface area (Å²) in [4.78, 5) is 0. The van der Waals surface area contributed by atoms with Crippen molar-refractivity contribution >= 4 is 0 Å². The Morgan fingerprint density at radius 1 is 1.24 bits per heavy atom. The van der Waals surface area contributed by atoms with Crippen LogP contribution in [0.3, 0.4) is 0 Å². The molecule has 1 aromatic rings. The molecule has 1 aliphatic rings. The summed E-state index contributed by atoms with van der Waals surface area (Å²) in [6.07, 6.45) is 3.42. The number of benzene rings is 1. The molecule has 0 radical (unpaired) electrons. The molecule has 0 atom stereocenters. The van der Waals surface area contributed by atoms with E-state index in [1.54, 1.807) is 0 Å². The average Bonchev–Trinajstić information content (AvgIpc) is 2.29. The molecule has 94 valence electrons. The lowest BCUT2D eigenvalue weighted by atomic mass is 9.79. The van der Waals surface area contributed by atoms with Gasteiger partial charge in [0.1, 0.15) is 5.67 Å². The number of aryl methyl sites for hydroxylation is 2. The van der Waals surface area contributed by atoms with E-state index in [0.717, 1.165) is 12.8 Å². The van der Waals surface area contributed by atoms with Gasteiger partial charge in [0.15, 0.2) is 0 Å². The first-order valence-corrected chi connectivity index (χ1v) is 6.50. The summed E-state index contributed by atoms with van der Waals surface area (Å²) in [5.74, 6) is 0. The standard InChI is InChI=1S/C15H22FN/c1-11-4-3-5-12(2)14(11)10-15(16)8-6-13(17)7-9-15/h3-5,13H,6-10,17H2,1-2H3. The third-order valence-electron chi connectivity index (χ3n) is 4.06. The zero-order chi connectivity index (χ0) is 12.5. The average molecular weight is 235 g/mol. The highest BCUT2D eigenvalue weighted by Gasteiger charge is 2.34. The first-order chi connectivity index (χ1) is 8.00. The van der Waals surface area contributed by atoms with Crippen LogP contribution in [-0.2, 0) is 6.42 Å². The summed E-state index contributed by atoms with van der Waals surface area (Å²) in [7, 11) is 0. The quantitative estimate of drug-likeness (QED) is 0.834. The Balaban J connectivity index is 2.15. The molecule has 1 fully saturated rings. The maximum Gasteiger partial charge on any atom is 0.115 e. The SMILES string of the molecule is Cc1cccc(C)c1CC1(F)CCC(N)CC1. The second kappa shape index (κ2) is 4.77. The first kappa shape index (κ1) is 12.6. The molecule has 2 N–H and O–H groups in total. The lowest BCUT2D eigenvalue weighted by Crippen LogP contribution is -2.37. The van der Waals surface area contributed by atoms with Gasteiger partial charge in [-0.05, 0) is 56.2 Å². The van der Waals surface area contributed by atoms with Crippen molar-refractivity contribution in [2.75, 3.05) is 0 Å². The van der Waals surface area contributed by atoms with Gasteiger partial charge in [0.05, 0.1) is 0 Å². The molecule has 0 spiro atoms. The van der Waals surface area contributed by atoms with E-state index in [4.69, 9.17) is 5.73 Å². The topological polar surface area (TPSA) is 26.0 Å². The molecule has 1 aliphatic carbocycles. The highest BCUT2D eigenvalue weighted by Crippen LogP contribution is 2.35. The molecular weight excluding hydrogens is 213 g/mol. The van der Waals surface area contributed by atoms with Crippen molar-refractivity contribution in [1.29, 1.82) is 0 Å². The van der Waals surface area contributed by atoms with Crippen molar-refractivity contribution in [1.82, 2.24) is 0 Å². The smallest absolute Gasteiger partial charge is 0.115 e. The van der Waals surface area contributed by atoms with Crippen LogP contribution in [0.2, 0.25) is 0 Å². The Labute approximate surface area is 103 Å². The van der Waals surface area contributed by atoms with E-state index in [-0.39, 0.29) is 6.04 Å². The molecule has 2 heteroatoms. The molecule has 17 heavy (non-hydrogen) atoms. The van der Waals surface area contributed by atoms with Crippen LogP contribution in [0.1, 0.15) is 42.4 Å². The summed E-state index contributed by atoms with van der Waals surface area (Å²) in [6.45, 7) is 4.14. The van der Waals surface area contributed by atoms with Crippen molar-refractivity contribution in [3.63, 3.8) is 0 Å². The van der Waals surface area contributed by atoms with E-state index in [0.29, 0.717) is 19.3 Å². The largest absolute Gasteiger partial charge is 0.328 e. The molecule has 0 saturated heterocycles. The second-order valence-corrected chi connectivity index (χ2v) is 5.54. The molecule has 0 aromatic heterocycles. The molecule has 1 aromatic carbocycles. The molecule has 0 unspecified atom stereocenters. The van der Waals surface area contributed by atoms with Crippen molar-refractivity contribution in [3.05, 3.63) is 34.9 Å². The van der Waals surface area contributed by atoms with Crippen LogP contribution in [0.5, 0.6) is 0 Å². The van der Waals surface area contributed by atoms with Crippen LogP contribution in [0, 0.1) is 13.8 Å². The molecule has 1 saturated carbocycles. The fourth-order valence-electron chi connectivity index (χ4n) is 2.78. The minimum atomic E-state index is -1.03. The van der Waals surface area contributed by atoms with Gasteiger partial charge < -0.3 is 5.73 Å². The van der Waals surface area contributed by atoms with E-state index >= 15 is 0 Å². The third-order valence-corrected chi connectivity index (χ3v) is 4.06. The summed E-state index contributed by atoms with van der Waals surface area (Å²) >= 11 is 0. The number of alkyl halides is 1. The molecule has 0 aliphatic heterocycles. The highest BCUT2D eigenvalue weighted by molar-refractivity contribution is 5.34. The molecule has 0 amide bonds. The predicted molar refractivity (Wildman–Crippen MR) is 69.9 cm³/mol. The summed E-state index contributed by atoms with van der Waals surface area (Å²) < 4.78 is 14.7. The maximum atomic E-state index is 14.7. The number of rotatable bonds is 2. The minimum absolute atomic E-state index is 0.205. The van der Waals surface area contributed by atoms with Gasteiger partial charge in [-0.2, -0.15) is 0 Å². The third kappa shape index (κ3) is 2.86. The van der Waals surface area contributed by atoms with Crippen LogP contribution in [0.25, 0.3) is 0 Å². The number of halogens is 1. The van der Waals surface area contributed by atoms with Gasteiger partial charge in [0.2, 0.25) is 0 Å². The summed E-state index contributed by atoms with van der Waals surface area (Å²) in [5.41, 5.74) is 8.40. The molecule has 1 nitrogen and oxygen atoms in total. The molecular formula is C15H22FN. The Morgan fingerprint density at radius 2 is 1.76 bits per heavy atom. The predicted octanol–water partition coefficient (Wildman–Crippen LogP) is 3.46. The monoisotopic (exact) mass is 235 g/mol. The van der Waals surface area contributed by atoms with Gasteiger partial charge in [0.25, 0.3) is 0 Å². The van der Waals surface area contributed by atoms with Crippen LogP contribution in [0.15, 0.2) is 18.2 Å². The highest BCUT2D eigenvalue weighted by atomic mass is 19.1. The number of hydrogen-bond donors (Lipinski definition) is 1. The summed E-state index contributed by atoms with van der Waals surface area (Å²) in [6, 6.07) is 6.38. The van der Waals surface area contributed by atoms with Crippen molar-refractivity contribution in [2.24, 2.45) is 5.73 Å². The fourth-order valence-corrected chi connectivity index (χ4v) is 2.78. The van der Waals surface area contributed by atoms with E-state index in [2.05, 4.69) is 26.0 Å². The van der Waals surface area contributed by atoms with E-state index < -0.39 is 5.67 Å². The summed E-state index contributed by atoms with van der Waals surface area (Å²) in [5, 5.41) is 0. The van der Waals surface area contributed by atoms with Gasteiger partial charge >= 0.3 is 0 Å². The lowest BCUT2D eigenvalue weighted by Gasteiger charge is -2.33. The van der Waals surface area contributed by atoms with Crippen LogP contribution in [-0.4, -0.2) is 11.7 Å². The van der Waals surface area contributed by atoms with Crippen LogP contribution >= 0.6 is 0 Å². The fraction of sp³-hybridized carbons (Fsp3) is 0.600. The number of hydrogen-bond acceptors (Lipinski definition) is 1. The van der Waals surface area contributed by atoms with E-state index in [1.165, 1.54) is 16.7 Å². The van der Waals surface area contributed by atoms with Crippen molar-refractivity contribution in [2.45, 2.75) is 57.7 Å². The lowest BCUT2D eigenvalue weighted by molar-refractivity contribution is 0.0991. The van der Waals surface area contributed by atoms with E-state index in [1.807, 2.05) is 6.07 Å². The van der Waals surface area contributed by atoms with Crippen LogP contribution in [0.4, 0.5) is 4.39 Å². The van der Waals surface area contributed by atoms with Gasteiger partial charge in [-0.15, -0.1) is 0 Å². The molecule has 0 heterocycles. The van der Waals surface area contributed by atoms with Gasteiger partial charge in [-0.25, -0.2) is 4.39 Å². The Morgan fingerprint density at radius 3 is 2.29 bits per heavy atom. The zero-order valence-corrected chi connectivity index (χ0v) is 10.8. The van der Waals surface area contributed by atoms with E-state index in [9.17, 15) is 4.39 Å². The number of nitrogens with two attached hydrogens (primary N) is 1.